The summed E-state index contributed by atoms with van der Waals surface area (Å²) < 4.78 is 11.3. The largest absolute Gasteiger partial charge is 0.493 e. The number of fused-ring (bicyclic) bond motifs is 1. The molecule has 1 aliphatic rings. The first-order chi connectivity index (χ1) is 8.35. The Hall–Kier alpha value is -0.870. The molecule has 3 nitrogen and oxygen atoms in total. The van der Waals surface area contributed by atoms with E-state index in [1.165, 1.54) is 5.56 Å². The molecule has 0 amide bonds. The molecule has 1 N–H and O–H groups in total. The lowest BCUT2D eigenvalue weighted by atomic mass is 10.1. The Labute approximate surface area is 107 Å². The SMILES string of the molecule is CCSCCOc1ccc2c(c1)OCC2NC. The van der Waals surface area contributed by atoms with E-state index in [-0.39, 0.29) is 0 Å². The van der Waals surface area contributed by atoms with E-state index in [9.17, 15) is 0 Å². The number of benzene rings is 1. The van der Waals surface area contributed by atoms with E-state index in [0.717, 1.165) is 29.6 Å². The van der Waals surface area contributed by atoms with E-state index in [4.69, 9.17) is 9.47 Å². The number of hydrogen-bond acceptors (Lipinski definition) is 4. The smallest absolute Gasteiger partial charge is 0.127 e. The second kappa shape index (κ2) is 6.17. The molecule has 0 radical (unpaired) electrons. The number of likely N-dealkylation sites (N-methyl/N-ethyl adjacent to an activating group) is 1. The van der Waals surface area contributed by atoms with Gasteiger partial charge in [0.15, 0.2) is 0 Å². The molecule has 94 valence electrons. The van der Waals surface area contributed by atoms with Crippen molar-refractivity contribution in [1.82, 2.24) is 5.32 Å². The fourth-order valence-electron chi connectivity index (χ4n) is 1.88. The van der Waals surface area contributed by atoms with Gasteiger partial charge in [0.05, 0.1) is 12.6 Å². The summed E-state index contributed by atoms with van der Waals surface area (Å²) in [6, 6.07) is 6.42. The quantitative estimate of drug-likeness (QED) is 0.789. The summed E-state index contributed by atoms with van der Waals surface area (Å²) >= 11 is 1.89. The van der Waals surface area contributed by atoms with Crippen molar-refractivity contribution in [3.63, 3.8) is 0 Å². The third kappa shape index (κ3) is 3.07. The maximum atomic E-state index is 5.68. The van der Waals surface area contributed by atoms with Gasteiger partial charge in [-0.2, -0.15) is 11.8 Å². The summed E-state index contributed by atoms with van der Waals surface area (Å²) in [5.41, 5.74) is 1.22. The molecule has 0 bridgehead atoms. The lowest BCUT2D eigenvalue weighted by Crippen LogP contribution is -2.17. The molecule has 1 atom stereocenters. The maximum Gasteiger partial charge on any atom is 0.127 e. The minimum atomic E-state index is 0.315. The Bertz CT molecular complexity index is 370. The summed E-state index contributed by atoms with van der Waals surface area (Å²) in [4.78, 5) is 0. The zero-order valence-electron chi connectivity index (χ0n) is 10.4. The van der Waals surface area contributed by atoms with Crippen molar-refractivity contribution >= 4 is 11.8 Å². The standard InChI is InChI=1S/C13H19NO2S/c1-3-17-7-6-15-10-4-5-11-12(14-2)9-16-13(11)8-10/h4-5,8,12,14H,3,6-7,9H2,1-2H3. The highest BCUT2D eigenvalue weighted by Gasteiger charge is 2.22. The molecule has 0 fully saturated rings. The number of hydrogen-bond donors (Lipinski definition) is 1. The van der Waals surface area contributed by atoms with Crippen molar-refractivity contribution in [2.45, 2.75) is 13.0 Å². The normalized spacial score (nSPS) is 17.6. The lowest BCUT2D eigenvalue weighted by molar-refractivity contribution is 0.313. The van der Waals surface area contributed by atoms with E-state index in [2.05, 4.69) is 18.3 Å². The molecular formula is C13H19NO2S. The highest BCUT2D eigenvalue weighted by molar-refractivity contribution is 7.99. The van der Waals surface area contributed by atoms with Gasteiger partial charge in [-0.1, -0.05) is 6.92 Å². The Kier molecular flexibility index (Phi) is 4.57. The number of ether oxygens (including phenoxy) is 2. The van der Waals surface area contributed by atoms with Crippen LogP contribution in [0.4, 0.5) is 0 Å². The first kappa shape index (κ1) is 12.6. The molecular weight excluding hydrogens is 234 g/mol. The van der Waals surface area contributed by atoms with E-state index in [1.807, 2.05) is 30.9 Å². The molecule has 0 spiro atoms. The number of rotatable bonds is 6. The third-order valence-electron chi connectivity index (χ3n) is 2.81. The minimum Gasteiger partial charge on any atom is -0.493 e. The van der Waals surface area contributed by atoms with Crippen LogP contribution in [0, 0.1) is 0 Å². The van der Waals surface area contributed by atoms with Gasteiger partial charge in [0.2, 0.25) is 0 Å². The van der Waals surface area contributed by atoms with Crippen LogP contribution in [-0.4, -0.2) is 31.8 Å². The summed E-state index contributed by atoms with van der Waals surface area (Å²) in [6.45, 7) is 3.62. The van der Waals surface area contributed by atoms with Crippen LogP contribution < -0.4 is 14.8 Å². The molecule has 1 aliphatic heterocycles. The van der Waals surface area contributed by atoms with Gasteiger partial charge < -0.3 is 14.8 Å². The molecule has 4 heteroatoms. The maximum absolute atomic E-state index is 5.68. The Morgan fingerprint density at radius 2 is 2.41 bits per heavy atom. The second-order valence-electron chi connectivity index (χ2n) is 3.90. The first-order valence-electron chi connectivity index (χ1n) is 5.99. The zero-order chi connectivity index (χ0) is 12.1. The van der Waals surface area contributed by atoms with Gasteiger partial charge in [0.25, 0.3) is 0 Å². The molecule has 0 aliphatic carbocycles. The van der Waals surface area contributed by atoms with Crippen LogP contribution in [0.2, 0.25) is 0 Å². The van der Waals surface area contributed by atoms with E-state index in [0.29, 0.717) is 12.6 Å². The van der Waals surface area contributed by atoms with Crippen LogP contribution >= 0.6 is 11.8 Å². The van der Waals surface area contributed by atoms with Crippen LogP contribution in [0.15, 0.2) is 18.2 Å². The minimum absolute atomic E-state index is 0.315. The fourth-order valence-corrected chi connectivity index (χ4v) is 2.37. The summed E-state index contributed by atoms with van der Waals surface area (Å²) in [5, 5.41) is 3.23. The summed E-state index contributed by atoms with van der Waals surface area (Å²) in [6.07, 6.45) is 0. The molecule has 0 aromatic heterocycles. The van der Waals surface area contributed by atoms with E-state index >= 15 is 0 Å². The Morgan fingerprint density at radius 3 is 3.18 bits per heavy atom. The van der Waals surface area contributed by atoms with Crippen molar-refractivity contribution in [3.8, 4) is 11.5 Å². The number of thioether (sulfide) groups is 1. The van der Waals surface area contributed by atoms with Gasteiger partial charge in [-0.15, -0.1) is 0 Å². The molecule has 1 heterocycles. The van der Waals surface area contributed by atoms with Gasteiger partial charge >= 0.3 is 0 Å². The van der Waals surface area contributed by atoms with Crippen molar-refractivity contribution < 1.29 is 9.47 Å². The fraction of sp³-hybridized carbons (Fsp3) is 0.538. The van der Waals surface area contributed by atoms with Crippen molar-refractivity contribution in [3.05, 3.63) is 23.8 Å². The van der Waals surface area contributed by atoms with Crippen LogP contribution in [0.3, 0.4) is 0 Å². The van der Waals surface area contributed by atoms with E-state index < -0.39 is 0 Å². The van der Waals surface area contributed by atoms with Crippen molar-refractivity contribution in [2.24, 2.45) is 0 Å². The number of nitrogens with one attached hydrogen (secondary N) is 1. The van der Waals surface area contributed by atoms with E-state index in [1.54, 1.807) is 0 Å². The second-order valence-corrected chi connectivity index (χ2v) is 5.29. The summed E-state index contributed by atoms with van der Waals surface area (Å²) in [5.74, 6) is 4.02. The molecule has 1 aromatic rings. The van der Waals surface area contributed by atoms with Gasteiger partial charge in [-0.25, -0.2) is 0 Å². The highest BCUT2D eigenvalue weighted by Crippen LogP contribution is 2.34. The van der Waals surface area contributed by atoms with Crippen LogP contribution in [0.5, 0.6) is 11.5 Å². The Morgan fingerprint density at radius 1 is 1.53 bits per heavy atom. The lowest BCUT2D eigenvalue weighted by Gasteiger charge is -2.08. The third-order valence-corrected chi connectivity index (χ3v) is 3.68. The topological polar surface area (TPSA) is 30.5 Å². The van der Waals surface area contributed by atoms with Crippen LogP contribution in [0.1, 0.15) is 18.5 Å². The molecule has 1 aromatic carbocycles. The highest BCUT2D eigenvalue weighted by atomic mass is 32.2. The van der Waals surface area contributed by atoms with Crippen molar-refractivity contribution in [1.29, 1.82) is 0 Å². The molecule has 0 saturated heterocycles. The van der Waals surface area contributed by atoms with Gasteiger partial charge in [0.1, 0.15) is 18.1 Å². The Balaban J connectivity index is 1.93. The van der Waals surface area contributed by atoms with Gasteiger partial charge in [-0.3, -0.25) is 0 Å². The monoisotopic (exact) mass is 253 g/mol. The molecule has 0 saturated carbocycles. The summed E-state index contributed by atoms with van der Waals surface area (Å²) in [7, 11) is 1.95. The van der Waals surface area contributed by atoms with Gasteiger partial charge in [0, 0.05) is 17.4 Å². The zero-order valence-corrected chi connectivity index (χ0v) is 11.2. The van der Waals surface area contributed by atoms with Crippen LogP contribution in [0.25, 0.3) is 0 Å². The van der Waals surface area contributed by atoms with Crippen LogP contribution in [-0.2, 0) is 0 Å². The molecule has 17 heavy (non-hydrogen) atoms. The molecule has 2 rings (SSSR count). The van der Waals surface area contributed by atoms with Crippen molar-refractivity contribution in [2.75, 3.05) is 31.8 Å². The van der Waals surface area contributed by atoms with Gasteiger partial charge in [-0.05, 0) is 24.9 Å². The predicted molar refractivity (Wildman–Crippen MR) is 72.2 cm³/mol. The predicted octanol–water partition coefficient (Wildman–Crippen LogP) is 2.47. The average Bonchev–Trinajstić information content (AvgIpc) is 2.77. The molecule has 1 unspecified atom stereocenters. The average molecular weight is 253 g/mol. The first-order valence-corrected chi connectivity index (χ1v) is 7.15.